The third-order valence-corrected chi connectivity index (χ3v) is 4.82. The second kappa shape index (κ2) is 8.28. The number of methoxy groups -OCH3 is 1. The van der Waals surface area contributed by atoms with Crippen LogP contribution < -0.4 is 26.2 Å². The summed E-state index contributed by atoms with van der Waals surface area (Å²) >= 11 is 0. The Kier molecular flexibility index (Phi) is 5.77. The summed E-state index contributed by atoms with van der Waals surface area (Å²) in [4.78, 5) is 37.8. The van der Waals surface area contributed by atoms with Gasteiger partial charge in [-0.05, 0) is 36.8 Å². The van der Waals surface area contributed by atoms with Crippen molar-refractivity contribution in [2.75, 3.05) is 31.8 Å². The quantitative estimate of drug-likeness (QED) is 0.407. The number of para-hydroxylation sites is 1. The molecule has 3 N–H and O–H groups in total. The maximum atomic E-state index is 12.2. The van der Waals surface area contributed by atoms with E-state index in [9.17, 15) is 19.5 Å². The first-order valence-corrected chi connectivity index (χ1v) is 9.29. The Morgan fingerprint density at radius 2 is 1.67 bits per heavy atom. The maximum absolute atomic E-state index is 12.2. The van der Waals surface area contributed by atoms with Crippen LogP contribution in [0.3, 0.4) is 0 Å². The predicted octanol–water partition coefficient (Wildman–Crippen LogP) is 2.62. The van der Waals surface area contributed by atoms with Crippen LogP contribution in [0.1, 0.15) is 28.9 Å². The van der Waals surface area contributed by atoms with Gasteiger partial charge < -0.3 is 25.4 Å². The van der Waals surface area contributed by atoms with E-state index in [1.807, 2.05) is 19.1 Å². The summed E-state index contributed by atoms with van der Waals surface area (Å²) in [5.41, 5.74) is -0.00537. The molecule has 0 aliphatic rings. The molecule has 8 heteroatoms. The highest BCUT2D eigenvalue weighted by molar-refractivity contribution is 5.99. The number of aromatic hydroxyl groups is 1. The fraction of sp³-hybridized carbons (Fsp3) is 0.227. The number of carbonyl (C=O) groups is 1. The third kappa shape index (κ3) is 3.84. The highest BCUT2D eigenvalue weighted by Gasteiger charge is 2.24. The van der Waals surface area contributed by atoms with Gasteiger partial charge in [0.2, 0.25) is 0 Å². The number of phenols is 1. The first-order valence-electron chi connectivity index (χ1n) is 9.29. The minimum Gasteiger partial charge on any atom is -0.505 e. The molecule has 3 aromatic rings. The fourth-order valence-corrected chi connectivity index (χ4v) is 3.03. The van der Waals surface area contributed by atoms with Crippen molar-refractivity contribution in [3.8, 4) is 11.5 Å². The molecule has 0 aliphatic heterocycles. The number of amides is 1. The van der Waals surface area contributed by atoms with Gasteiger partial charge in [-0.2, -0.15) is 0 Å². The Bertz CT molecular complexity index is 1140. The molecule has 1 atom stereocenters. The van der Waals surface area contributed by atoms with E-state index in [0.29, 0.717) is 5.75 Å². The summed E-state index contributed by atoms with van der Waals surface area (Å²) in [5, 5.41) is 16.3. The van der Waals surface area contributed by atoms with E-state index in [1.165, 1.54) is 17.0 Å². The molecule has 156 valence electrons. The second-order valence-corrected chi connectivity index (χ2v) is 7.07. The molecule has 0 bridgehead atoms. The van der Waals surface area contributed by atoms with Gasteiger partial charge in [-0.25, -0.2) is 0 Å². The van der Waals surface area contributed by atoms with Crippen molar-refractivity contribution < 1.29 is 14.6 Å². The van der Waals surface area contributed by atoms with Gasteiger partial charge in [0, 0.05) is 20.1 Å². The number of nitrogens with one attached hydrogen (secondary N) is 2. The number of anilines is 3. The lowest BCUT2D eigenvalue weighted by Crippen LogP contribution is -2.37. The Hall–Kier alpha value is -3.81. The van der Waals surface area contributed by atoms with E-state index in [0.717, 1.165) is 5.56 Å². The number of benzene rings is 2. The molecule has 0 saturated heterocycles. The van der Waals surface area contributed by atoms with E-state index in [1.54, 1.807) is 39.4 Å². The number of phenolic OH excluding ortho intramolecular Hbond substituents is 1. The molecule has 0 aromatic heterocycles. The number of nitrogens with zero attached hydrogens (tertiary/aromatic N) is 1. The monoisotopic (exact) mass is 409 g/mol. The average molecular weight is 409 g/mol. The smallest absolute Gasteiger partial charge is 0.257 e. The van der Waals surface area contributed by atoms with Crippen molar-refractivity contribution >= 4 is 23.0 Å². The molecule has 0 heterocycles. The predicted molar refractivity (Wildman–Crippen MR) is 116 cm³/mol. The topological polar surface area (TPSA) is 108 Å². The van der Waals surface area contributed by atoms with Gasteiger partial charge in [-0.3, -0.25) is 14.4 Å². The molecule has 0 radical (unpaired) electrons. The molecule has 0 aliphatic carbocycles. The summed E-state index contributed by atoms with van der Waals surface area (Å²) in [7, 11) is 4.72. The first kappa shape index (κ1) is 20.9. The molecular formula is C22H23N3O5. The van der Waals surface area contributed by atoms with Crippen LogP contribution in [0.5, 0.6) is 11.5 Å². The summed E-state index contributed by atoms with van der Waals surface area (Å²) in [6.07, 6.45) is 0. The van der Waals surface area contributed by atoms with Crippen LogP contribution in [0.15, 0.2) is 52.1 Å². The summed E-state index contributed by atoms with van der Waals surface area (Å²) in [5.74, 6) is 0.0380. The van der Waals surface area contributed by atoms with Crippen molar-refractivity contribution in [2.45, 2.75) is 13.0 Å². The minimum atomic E-state index is -0.692. The molecule has 0 unspecified atom stereocenters. The SMILES string of the molecule is COc1ccc([C@@H](C)Nc2c(Nc3cccc(C(=O)N(C)C)c3O)c(=O)c2=O)cc1. The van der Waals surface area contributed by atoms with Gasteiger partial charge in [0.15, 0.2) is 5.75 Å². The number of ether oxygens (including phenoxy) is 1. The Morgan fingerprint density at radius 1 is 1.03 bits per heavy atom. The van der Waals surface area contributed by atoms with Crippen molar-refractivity contribution in [3.05, 3.63) is 74.0 Å². The van der Waals surface area contributed by atoms with Crippen LogP contribution in [-0.4, -0.2) is 37.1 Å². The maximum Gasteiger partial charge on any atom is 0.257 e. The number of hydrogen-bond donors (Lipinski definition) is 3. The van der Waals surface area contributed by atoms with E-state index in [4.69, 9.17) is 4.74 Å². The van der Waals surface area contributed by atoms with Crippen LogP contribution in [0.25, 0.3) is 0 Å². The standard InChI is InChI=1S/C22H23N3O5/c1-12(13-8-10-14(30-4)11-9-13)23-17-18(21(28)20(17)27)24-16-7-5-6-15(19(16)26)22(29)25(2)3/h5-12,23-24,26H,1-4H3/t12-/m1/s1. The molecule has 3 aromatic carbocycles. The molecular weight excluding hydrogens is 386 g/mol. The van der Waals surface area contributed by atoms with Crippen LogP contribution in [0.4, 0.5) is 17.1 Å². The van der Waals surface area contributed by atoms with Crippen LogP contribution in [-0.2, 0) is 0 Å². The Morgan fingerprint density at radius 3 is 2.27 bits per heavy atom. The first-order chi connectivity index (χ1) is 14.2. The van der Waals surface area contributed by atoms with Gasteiger partial charge in [-0.1, -0.05) is 18.2 Å². The van der Waals surface area contributed by atoms with Gasteiger partial charge in [0.1, 0.15) is 17.1 Å². The van der Waals surface area contributed by atoms with E-state index >= 15 is 0 Å². The number of rotatable bonds is 7. The normalized spacial score (nSPS) is 11.7. The number of hydrogen-bond acceptors (Lipinski definition) is 7. The van der Waals surface area contributed by atoms with Crippen molar-refractivity contribution in [1.29, 1.82) is 0 Å². The van der Waals surface area contributed by atoms with Crippen molar-refractivity contribution in [1.82, 2.24) is 4.90 Å². The van der Waals surface area contributed by atoms with Crippen molar-refractivity contribution in [2.24, 2.45) is 0 Å². The lowest BCUT2D eigenvalue weighted by molar-refractivity contribution is 0.0824. The van der Waals surface area contributed by atoms with Crippen LogP contribution in [0.2, 0.25) is 0 Å². The Balaban J connectivity index is 1.85. The second-order valence-electron chi connectivity index (χ2n) is 7.07. The molecule has 3 rings (SSSR count). The van der Waals surface area contributed by atoms with Gasteiger partial charge in [-0.15, -0.1) is 0 Å². The zero-order valence-electron chi connectivity index (χ0n) is 17.1. The largest absolute Gasteiger partial charge is 0.505 e. The van der Waals surface area contributed by atoms with Gasteiger partial charge in [0.25, 0.3) is 16.8 Å². The third-order valence-electron chi connectivity index (χ3n) is 4.82. The average Bonchev–Trinajstić information content (AvgIpc) is 2.76. The zero-order chi connectivity index (χ0) is 22.0. The molecule has 0 spiro atoms. The zero-order valence-corrected chi connectivity index (χ0v) is 17.1. The molecule has 1 amide bonds. The lowest BCUT2D eigenvalue weighted by atomic mass is 10.1. The van der Waals surface area contributed by atoms with Crippen LogP contribution in [0, 0.1) is 0 Å². The molecule has 8 nitrogen and oxygen atoms in total. The van der Waals surface area contributed by atoms with E-state index in [-0.39, 0.29) is 40.3 Å². The lowest BCUT2D eigenvalue weighted by Gasteiger charge is -2.21. The fourth-order valence-electron chi connectivity index (χ4n) is 3.03. The molecule has 0 saturated carbocycles. The minimum absolute atomic E-state index is 0.0464. The molecule has 30 heavy (non-hydrogen) atoms. The van der Waals surface area contributed by atoms with Crippen molar-refractivity contribution in [3.63, 3.8) is 0 Å². The number of carbonyl (C=O) groups excluding carboxylic acids is 1. The highest BCUT2D eigenvalue weighted by atomic mass is 16.5. The van der Waals surface area contributed by atoms with Gasteiger partial charge in [0.05, 0.1) is 18.4 Å². The van der Waals surface area contributed by atoms with E-state index in [2.05, 4.69) is 10.6 Å². The van der Waals surface area contributed by atoms with Crippen LogP contribution >= 0.6 is 0 Å². The van der Waals surface area contributed by atoms with Gasteiger partial charge >= 0.3 is 0 Å². The summed E-state index contributed by atoms with van der Waals surface area (Å²) in [6, 6.07) is 11.7. The molecule has 0 fully saturated rings. The summed E-state index contributed by atoms with van der Waals surface area (Å²) < 4.78 is 5.14. The summed E-state index contributed by atoms with van der Waals surface area (Å²) in [6.45, 7) is 1.86. The van der Waals surface area contributed by atoms with E-state index < -0.39 is 10.9 Å². The highest BCUT2D eigenvalue weighted by Crippen LogP contribution is 2.33. The Labute approximate surface area is 173 Å².